The molecule has 7 N–H and O–H groups in total. The summed E-state index contributed by atoms with van der Waals surface area (Å²) in [4.78, 5) is 70.8. The van der Waals surface area contributed by atoms with Gasteiger partial charge in [0, 0.05) is 30.5 Å². The van der Waals surface area contributed by atoms with Crippen LogP contribution in [-0.4, -0.2) is 99.2 Å². The van der Waals surface area contributed by atoms with Crippen LogP contribution in [-0.2, 0) is 41.5 Å². The first-order valence-corrected chi connectivity index (χ1v) is 13.8. The fourth-order valence-electron chi connectivity index (χ4n) is 3.68. The molecule has 1 heterocycles. The monoisotopic (exact) mass is 622 g/mol. The zero-order valence-corrected chi connectivity index (χ0v) is 25.1. The van der Waals surface area contributed by atoms with Gasteiger partial charge in [-0.2, -0.15) is 12.6 Å². The number of thiol groups is 1. The van der Waals surface area contributed by atoms with Gasteiger partial charge in [-0.1, -0.05) is 12.1 Å². The van der Waals surface area contributed by atoms with E-state index in [9.17, 15) is 34.2 Å². The van der Waals surface area contributed by atoms with Gasteiger partial charge >= 0.3 is 12.1 Å². The molecule has 2 aromatic rings. The molecule has 4 atom stereocenters. The minimum absolute atomic E-state index is 0.0173. The standard InChI is InChI=1S/C27H38N6O9S/c1-27(2,3)42-26(40)33-19(10-16-11-28-14-29-16)23(37)30-18(9-15-5-7-17(35)8-6-15)22(36)31-20(12-34)24(38)32-21(13-43)25(39)41-4/h5-8,11,14,18-21,34-35,43H,9-10,12-13H2,1-4H3,(H,28,29)(H,30,37)(H,31,36)(H,32,38)(H,33,40)/t18-,19-,20-,21-/m0/s1. The highest BCUT2D eigenvalue weighted by Gasteiger charge is 2.32. The Morgan fingerprint density at radius 2 is 1.47 bits per heavy atom. The second-order valence-corrected chi connectivity index (χ2v) is 10.8. The number of aliphatic hydroxyl groups is 1. The number of hydrogen-bond donors (Lipinski definition) is 8. The minimum atomic E-state index is -1.50. The van der Waals surface area contributed by atoms with Crippen molar-refractivity contribution in [1.82, 2.24) is 31.2 Å². The number of aliphatic hydroxyl groups excluding tert-OH is 1. The summed E-state index contributed by atoms with van der Waals surface area (Å²) in [6, 6.07) is 0.695. The van der Waals surface area contributed by atoms with Gasteiger partial charge in [0.2, 0.25) is 17.7 Å². The van der Waals surface area contributed by atoms with Crippen molar-refractivity contribution in [3.05, 3.63) is 48.0 Å². The lowest BCUT2D eigenvalue weighted by molar-refractivity contribution is -0.144. The number of alkyl carbamates (subject to hydrolysis) is 1. The predicted octanol–water partition coefficient (Wildman–Crippen LogP) is -0.657. The van der Waals surface area contributed by atoms with Gasteiger partial charge in [0.1, 0.15) is 35.5 Å². The van der Waals surface area contributed by atoms with Crippen LogP contribution in [0.1, 0.15) is 32.0 Å². The lowest BCUT2D eigenvalue weighted by atomic mass is 10.0. The molecule has 0 saturated carbocycles. The van der Waals surface area contributed by atoms with Gasteiger partial charge in [0.15, 0.2) is 0 Å². The molecule has 1 aromatic carbocycles. The molecule has 1 aromatic heterocycles. The summed E-state index contributed by atoms with van der Waals surface area (Å²) in [5, 5.41) is 29.3. The Balaban J connectivity index is 2.29. The van der Waals surface area contributed by atoms with Crippen molar-refractivity contribution in [2.75, 3.05) is 19.5 Å². The number of H-pyrrole nitrogens is 1. The van der Waals surface area contributed by atoms with Gasteiger partial charge < -0.3 is 45.9 Å². The van der Waals surface area contributed by atoms with E-state index in [-0.39, 0.29) is 24.3 Å². The summed E-state index contributed by atoms with van der Waals surface area (Å²) >= 11 is 4.01. The Morgan fingerprint density at radius 1 is 0.907 bits per heavy atom. The number of hydrogen-bond acceptors (Lipinski definition) is 11. The number of esters is 1. The lowest BCUT2D eigenvalue weighted by Crippen LogP contribution is -2.59. The SMILES string of the molecule is COC(=O)[C@H](CS)NC(=O)[C@H](CO)NC(=O)[C@H](Cc1ccc(O)cc1)NC(=O)[C@H](Cc1cnc[nH]1)NC(=O)OC(C)(C)C. The summed E-state index contributed by atoms with van der Waals surface area (Å²) in [7, 11) is 1.13. The van der Waals surface area contributed by atoms with Crippen LogP contribution in [0.2, 0.25) is 0 Å². The van der Waals surface area contributed by atoms with Crippen LogP contribution in [0.4, 0.5) is 4.79 Å². The van der Waals surface area contributed by atoms with Gasteiger partial charge in [-0.25, -0.2) is 14.6 Å². The number of nitrogens with zero attached hydrogens (tertiary/aromatic N) is 1. The molecule has 15 nitrogen and oxygen atoms in total. The third-order valence-electron chi connectivity index (χ3n) is 5.80. The maximum atomic E-state index is 13.5. The number of carbonyl (C=O) groups excluding carboxylic acids is 5. The molecule has 4 amide bonds. The molecule has 16 heteroatoms. The first-order chi connectivity index (χ1) is 20.3. The molecule has 0 saturated heterocycles. The molecule has 0 unspecified atom stereocenters. The number of aromatic amines is 1. The van der Waals surface area contributed by atoms with Crippen LogP contribution in [0.25, 0.3) is 0 Å². The number of benzene rings is 1. The van der Waals surface area contributed by atoms with Crippen LogP contribution in [0.15, 0.2) is 36.8 Å². The third-order valence-corrected chi connectivity index (χ3v) is 6.16. The third kappa shape index (κ3) is 11.8. The number of phenolic OH excluding ortho intramolecular Hbond substituents is 1. The van der Waals surface area contributed by atoms with E-state index in [4.69, 9.17) is 4.74 Å². The zero-order valence-electron chi connectivity index (χ0n) is 24.2. The maximum Gasteiger partial charge on any atom is 0.408 e. The number of nitrogens with one attached hydrogen (secondary N) is 5. The molecular formula is C27H38N6O9S. The van der Waals surface area contributed by atoms with Crippen LogP contribution in [0, 0.1) is 0 Å². The Labute approximate surface area is 253 Å². The number of aromatic nitrogens is 2. The number of rotatable bonds is 14. The number of methoxy groups -OCH3 is 1. The molecule has 43 heavy (non-hydrogen) atoms. The molecule has 0 aliphatic carbocycles. The van der Waals surface area contributed by atoms with E-state index in [0.717, 1.165) is 7.11 Å². The summed E-state index contributed by atoms with van der Waals surface area (Å²) in [6.07, 6.45) is 1.88. The Kier molecular flexibility index (Phi) is 13.3. The summed E-state index contributed by atoms with van der Waals surface area (Å²) < 4.78 is 9.89. The Bertz CT molecular complexity index is 1230. The van der Waals surface area contributed by atoms with Crippen molar-refractivity contribution in [1.29, 1.82) is 0 Å². The van der Waals surface area contributed by atoms with Crippen LogP contribution in [0.5, 0.6) is 5.75 Å². The van der Waals surface area contributed by atoms with Gasteiger partial charge in [-0.15, -0.1) is 0 Å². The first kappa shape index (κ1) is 34.9. The molecule has 0 fully saturated rings. The minimum Gasteiger partial charge on any atom is -0.508 e. The maximum absolute atomic E-state index is 13.5. The quantitative estimate of drug-likeness (QED) is 0.0982. The number of amides is 4. The number of imidazole rings is 1. The van der Waals surface area contributed by atoms with E-state index in [0.29, 0.717) is 11.3 Å². The molecule has 0 radical (unpaired) electrons. The van der Waals surface area contributed by atoms with Crippen molar-refractivity contribution in [2.24, 2.45) is 0 Å². The highest BCUT2D eigenvalue weighted by Crippen LogP contribution is 2.13. The molecule has 2 rings (SSSR count). The topological polar surface area (TPSA) is 221 Å². The molecule has 0 spiro atoms. The second kappa shape index (κ2) is 16.4. The largest absolute Gasteiger partial charge is 0.508 e. The fourth-order valence-corrected chi connectivity index (χ4v) is 3.93. The zero-order chi connectivity index (χ0) is 32.2. The van der Waals surface area contributed by atoms with Crippen LogP contribution >= 0.6 is 12.6 Å². The van der Waals surface area contributed by atoms with Crippen molar-refractivity contribution in [3.63, 3.8) is 0 Å². The highest BCUT2D eigenvalue weighted by molar-refractivity contribution is 7.80. The summed E-state index contributed by atoms with van der Waals surface area (Å²) in [6.45, 7) is 4.14. The Morgan fingerprint density at radius 3 is 1.98 bits per heavy atom. The molecule has 0 aliphatic rings. The molecule has 0 bridgehead atoms. The first-order valence-electron chi connectivity index (χ1n) is 13.2. The van der Waals surface area contributed by atoms with Crippen molar-refractivity contribution >= 4 is 42.4 Å². The number of aromatic hydroxyl groups is 1. The number of phenols is 1. The van der Waals surface area contributed by atoms with Gasteiger partial charge in [-0.05, 0) is 38.5 Å². The number of ether oxygens (including phenoxy) is 2. The highest BCUT2D eigenvalue weighted by atomic mass is 32.1. The predicted molar refractivity (Wildman–Crippen MR) is 156 cm³/mol. The molecular weight excluding hydrogens is 584 g/mol. The van der Waals surface area contributed by atoms with Crippen molar-refractivity contribution in [3.8, 4) is 5.75 Å². The van der Waals surface area contributed by atoms with E-state index < -0.39 is 66.2 Å². The lowest BCUT2D eigenvalue weighted by Gasteiger charge is -2.26. The van der Waals surface area contributed by atoms with Crippen LogP contribution in [0.3, 0.4) is 0 Å². The average Bonchev–Trinajstić information content (AvgIpc) is 3.46. The van der Waals surface area contributed by atoms with E-state index in [1.54, 1.807) is 20.8 Å². The van der Waals surface area contributed by atoms with E-state index in [2.05, 4.69) is 48.6 Å². The van der Waals surface area contributed by atoms with Gasteiger partial charge in [0.25, 0.3) is 0 Å². The van der Waals surface area contributed by atoms with E-state index in [1.165, 1.54) is 36.8 Å². The Hall–Kier alpha value is -4.31. The van der Waals surface area contributed by atoms with Crippen molar-refractivity contribution in [2.45, 2.75) is 63.4 Å². The average molecular weight is 623 g/mol. The number of carbonyl (C=O) groups is 5. The van der Waals surface area contributed by atoms with Crippen molar-refractivity contribution < 1.29 is 43.7 Å². The van der Waals surface area contributed by atoms with Gasteiger partial charge in [-0.3, -0.25) is 14.4 Å². The van der Waals surface area contributed by atoms with Crippen LogP contribution < -0.4 is 21.3 Å². The molecule has 0 aliphatic heterocycles. The van der Waals surface area contributed by atoms with E-state index in [1.807, 2.05) is 0 Å². The van der Waals surface area contributed by atoms with E-state index >= 15 is 0 Å². The summed E-state index contributed by atoms with van der Waals surface area (Å²) in [5.41, 5.74) is 0.200. The normalized spacial score (nSPS) is 13.9. The smallest absolute Gasteiger partial charge is 0.408 e. The summed E-state index contributed by atoms with van der Waals surface area (Å²) in [5.74, 6) is -3.40. The fraction of sp³-hybridized carbons (Fsp3) is 0.481. The molecule has 236 valence electrons. The van der Waals surface area contributed by atoms with Gasteiger partial charge in [0.05, 0.1) is 20.0 Å². The second-order valence-electron chi connectivity index (χ2n) is 10.4.